The highest BCUT2D eigenvalue weighted by molar-refractivity contribution is 5.80. The lowest BCUT2D eigenvalue weighted by atomic mass is 9.94. The van der Waals surface area contributed by atoms with E-state index in [1.807, 2.05) is 13.8 Å². The van der Waals surface area contributed by atoms with E-state index in [0.717, 1.165) is 25.3 Å². The first-order valence-corrected chi connectivity index (χ1v) is 8.76. The predicted octanol–water partition coefficient (Wildman–Crippen LogP) is 2.50. The molecular formula is C17H28N2O3. The zero-order chi connectivity index (χ0) is 15.7. The van der Waals surface area contributed by atoms with Crippen molar-refractivity contribution in [2.24, 2.45) is 17.8 Å². The second kappa shape index (κ2) is 6.47. The topological polar surface area (TPSA) is 49.9 Å². The van der Waals surface area contributed by atoms with Crippen LogP contribution in [0.15, 0.2) is 0 Å². The number of rotatable bonds is 3. The summed E-state index contributed by atoms with van der Waals surface area (Å²) in [6.45, 7) is 6.79. The van der Waals surface area contributed by atoms with Crippen molar-refractivity contribution in [3.8, 4) is 0 Å². The van der Waals surface area contributed by atoms with Gasteiger partial charge in [-0.25, -0.2) is 4.79 Å². The lowest BCUT2D eigenvalue weighted by Gasteiger charge is -2.35. The van der Waals surface area contributed by atoms with E-state index in [-0.39, 0.29) is 12.0 Å². The third-order valence-corrected chi connectivity index (χ3v) is 5.33. The monoisotopic (exact) mass is 308 g/mol. The van der Waals surface area contributed by atoms with Gasteiger partial charge >= 0.3 is 6.09 Å². The molecule has 3 aliphatic rings. The average Bonchev–Trinajstić information content (AvgIpc) is 3.15. The highest BCUT2D eigenvalue weighted by atomic mass is 16.6. The minimum atomic E-state index is -0.222. The Balaban J connectivity index is 1.45. The van der Waals surface area contributed by atoms with Crippen molar-refractivity contribution >= 4 is 12.0 Å². The van der Waals surface area contributed by atoms with Gasteiger partial charge in [-0.1, -0.05) is 13.8 Å². The molecule has 1 aliphatic carbocycles. The second-order valence-corrected chi connectivity index (χ2v) is 7.56. The van der Waals surface area contributed by atoms with Crippen LogP contribution in [-0.4, -0.2) is 54.1 Å². The summed E-state index contributed by atoms with van der Waals surface area (Å²) in [4.78, 5) is 28.5. The van der Waals surface area contributed by atoms with E-state index in [1.165, 1.54) is 19.3 Å². The van der Waals surface area contributed by atoms with Gasteiger partial charge in [0.25, 0.3) is 0 Å². The Morgan fingerprint density at radius 3 is 2.41 bits per heavy atom. The van der Waals surface area contributed by atoms with Crippen LogP contribution < -0.4 is 0 Å². The third-order valence-electron chi connectivity index (χ3n) is 5.33. The summed E-state index contributed by atoms with van der Waals surface area (Å²) in [7, 11) is 0. The van der Waals surface area contributed by atoms with Crippen molar-refractivity contribution in [3.63, 3.8) is 0 Å². The van der Waals surface area contributed by atoms with Crippen molar-refractivity contribution in [1.29, 1.82) is 0 Å². The maximum absolute atomic E-state index is 12.7. The summed E-state index contributed by atoms with van der Waals surface area (Å²) >= 11 is 0. The molecule has 2 saturated heterocycles. The van der Waals surface area contributed by atoms with Gasteiger partial charge in [0, 0.05) is 31.6 Å². The predicted molar refractivity (Wildman–Crippen MR) is 83.3 cm³/mol. The molecule has 0 aromatic heterocycles. The number of fused-ring (bicyclic) bond motifs is 2. The Morgan fingerprint density at radius 2 is 1.86 bits per heavy atom. The van der Waals surface area contributed by atoms with E-state index in [0.29, 0.717) is 37.6 Å². The Kier molecular flexibility index (Phi) is 4.59. The number of piperidine rings is 2. The van der Waals surface area contributed by atoms with Crippen LogP contribution in [0.3, 0.4) is 0 Å². The molecule has 2 amide bonds. The normalized spacial score (nSPS) is 28.5. The van der Waals surface area contributed by atoms with Gasteiger partial charge in [0.1, 0.15) is 0 Å². The molecule has 2 atom stereocenters. The number of hydrogen-bond donors (Lipinski definition) is 0. The van der Waals surface area contributed by atoms with Crippen LogP contribution >= 0.6 is 0 Å². The lowest BCUT2D eigenvalue weighted by Crippen LogP contribution is -2.46. The molecule has 1 saturated carbocycles. The fraction of sp³-hybridized carbons (Fsp3) is 0.882. The largest absolute Gasteiger partial charge is 0.449 e. The number of hydrogen-bond acceptors (Lipinski definition) is 3. The number of ether oxygens (including phenoxy) is 1. The summed E-state index contributed by atoms with van der Waals surface area (Å²) < 4.78 is 5.27. The molecule has 5 nitrogen and oxygen atoms in total. The molecule has 5 heteroatoms. The maximum Gasteiger partial charge on any atom is 0.409 e. The standard InChI is InChI=1S/C17H28N2O3/c1-12(2)11-22-17(21)18-7-5-14(6-8-18)16(20)19-10-13-3-4-15(19)9-13/h12-15H,3-11H2,1-2H3/t13-,15+/m1/s1. The molecule has 124 valence electrons. The van der Waals surface area contributed by atoms with Gasteiger partial charge in [0.05, 0.1) is 6.61 Å². The molecular weight excluding hydrogens is 280 g/mol. The average molecular weight is 308 g/mol. The summed E-state index contributed by atoms with van der Waals surface area (Å²) in [6, 6.07) is 0.506. The van der Waals surface area contributed by atoms with Gasteiger partial charge in [0.2, 0.25) is 5.91 Å². The smallest absolute Gasteiger partial charge is 0.409 e. The van der Waals surface area contributed by atoms with Gasteiger partial charge in [-0.15, -0.1) is 0 Å². The molecule has 0 spiro atoms. The zero-order valence-electron chi connectivity index (χ0n) is 13.8. The van der Waals surface area contributed by atoms with Crippen LogP contribution in [0, 0.1) is 17.8 Å². The van der Waals surface area contributed by atoms with Gasteiger partial charge < -0.3 is 14.5 Å². The van der Waals surface area contributed by atoms with Crippen LogP contribution in [0.1, 0.15) is 46.0 Å². The molecule has 2 bridgehead atoms. The van der Waals surface area contributed by atoms with Gasteiger partial charge in [-0.2, -0.15) is 0 Å². The van der Waals surface area contributed by atoms with Crippen molar-refractivity contribution in [3.05, 3.63) is 0 Å². The van der Waals surface area contributed by atoms with E-state index in [4.69, 9.17) is 4.74 Å². The second-order valence-electron chi connectivity index (χ2n) is 7.56. The lowest BCUT2D eigenvalue weighted by molar-refractivity contribution is -0.138. The summed E-state index contributed by atoms with van der Waals surface area (Å²) in [5.41, 5.74) is 0. The minimum Gasteiger partial charge on any atom is -0.449 e. The van der Waals surface area contributed by atoms with Crippen molar-refractivity contribution in [1.82, 2.24) is 9.80 Å². The van der Waals surface area contributed by atoms with Crippen molar-refractivity contribution in [2.45, 2.75) is 52.0 Å². The van der Waals surface area contributed by atoms with E-state index in [2.05, 4.69) is 4.90 Å². The molecule has 0 unspecified atom stereocenters. The highest BCUT2D eigenvalue weighted by Gasteiger charge is 2.42. The molecule has 2 heterocycles. The van der Waals surface area contributed by atoms with Crippen LogP contribution in [0.4, 0.5) is 4.79 Å². The van der Waals surface area contributed by atoms with E-state index in [1.54, 1.807) is 4.90 Å². The summed E-state index contributed by atoms with van der Waals surface area (Å²) in [5, 5.41) is 0. The summed E-state index contributed by atoms with van der Waals surface area (Å²) in [6.07, 6.45) is 5.05. The Bertz CT molecular complexity index is 430. The number of carbonyl (C=O) groups is 2. The van der Waals surface area contributed by atoms with Crippen LogP contribution in [-0.2, 0) is 9.53 Å². The molecule has 0 N–H and O–H groups in total. The van der Waals surface area contributed by atoms with Gasteiger partial charge in [-0.3, -0.25) is 4.79 Å². The summed E-state index contributed by atoms with van der Waals surface area (Å²) in [5.74, 6) is 1.55. The highest BCUT2D eigenvalue weighted by Crippen LogP contribution is 2.38. The zero-order valence-corrected chi connectivity index (χ0v) is 13.8. The molecule has 0 aromatic carbocycles. The van der Waals surface area contributed by atoms with Crippen LogP contribution in [0.5, 0.6) is 0 Å². The van der Waals surface area contributed by atoms with E-state index in [9.17, 15) is 9.59 Å². The van der Waals surface area contributed by atoms with E-state index < -0.39 is 0 Å². The molecule has 3 fully saturated rings. The molecule has 0 radical (unpaired) electrons. The first-order chi connectivity index (χ1) is 10.5. The maximum atomic E-state index is 12.7. The van der Waals surface area contributed by atoms with Gasteiger partial charge in [0.15, 0.2) is 0 Å². The SMILES string of the molecule is CC(C)COC(=O)N1CCC(C(=O)N2C[C@@H]3CC[C@H]2C3)CC1. The van der Waals surface area contributed by atoms with Crippen molar-refractivity contribution in [2.75, 3.05) is 26.2 Å². The Hall–Kier alpha value is -1.26. The molecule has 0 aromatic rings. The number of carbonyl (C=O) groups excluding carboxylic acids is 2. The molecule has 3 rings (SSSR count). The Morgan fingerprint density at radius 1 is 1.14 bits per heavy atom. The number of amides is 2. The number of likely N-dealkylation sites (tertiary alicyclic amines) is 2. The first-order valence-electron chi connectivity index (χ1n) is 8.76. The fourth-order valence-electron chi connectivity index (χ4n) is 4.07. The fourth-order valence-corrected chi connectivity index (χ4v) is 4.07. The quantitative estimate of drug-likeness (QED) is 0.805. The van der Waals surface area contributed by atoms with Crippen LogP contribution in [0.2, 0.25) is 0 Å². The molecule has 2 aliphatic heterocycles. The molecule has 22 heavy (non-hydrogen) atoms. The number of nitrogens with zero attached hydrogens (tertiary/aromatic N) is 2. The van der Waals surface area contributed by atoms with Crippen LogP contribution in [0.25, 0.3) is 0 Å². The first kappa shape index (κ1) is 15.6. The third kappa shape index (κ3) is 3.23. The van der Waals surface area contributed by atoms with E-state index >= 15 is 0 Å². The Labute approximate surface area is 133 Å². The van der Waals surface area contributed by atoms with Crippen molar-refractivity contribution < 1.29 is 14.3 Å². The van der Waals surface area contributed by atoms with Gasteiger partial charge in [-0.05, 0) is 43.9 Å². The minimum absolute atomic E-state index is 0.105.